The first-order valence-corrected chi connectivity index (χ1v) is 7.86. The lowest BCUT2D eigenvalue weighted by atomic mass is 9.98. The summed E-state index contributed by atoms with van der Waals surface area (Å²) in [7, 11) is 0. The van der Waals surface area contributed by atoms with Gasteiger partial charge >= 0.3 is 0 Å². The Morgan fingerprint density at radius 2 is 2.14 bits per heavy atom. The van der Waals surface area contributed by atoms with Gasteiger partial charge in [-0.15, -0.1) is 0 Å². The molecule has 0 radical (unpaired) electrons. The second-order valence-electron chi connectivity index (χ2n) is 6.35. The maximum absolute atomic E-state index is 13.9. The van der Waals surface area contributed by atoms with E-state index in [1.54, 1.807) is 19.1 Å². The molecular formula is C17H23FO3. The maximum Gasteiger partial charge on any atom is 0.165 e. The first-order chi connectivity index (χ1) is 10.1. The Balaban J connectivity index is 1.56. The molecule has 3 rings (SSSR count). The highest BCUT2D eigenvalue weighted by Gasteiger charge is 2.42. The van der Waals surface area contributed by atoms with Crippen molar-refractivity contribution in [3.63, 3.8) is 0 Å². The minimum absolute atomic E-state index is 0.0685. The molecule has 1 aromatic rings. The zero-order valence-corrected chi connectivity index (χ0v) is 12.5. The quantitative estimate of drug-likeness (QED) is 0.919. The monoisotopic (exact) mass is 294 g/mol. The Morgan fingerprint density at radius 3 is 2.81 bits per heavy atom. The van der Waals surface area contributed by atoms with Crippen LogP contribution >= 0.6 is 0 Å². The van der Waals surface area contributed by atoms with Gasteiger partial charge in [0.25, 0.3) is 0 Å². The first-order valence-electron chi connectivity index (χ1n) is 7.86. The van der Waals surface area contributed by atoms with Gasteiger partial charge in [0.05, 0.1) is 17.8 Å². The van der Waals surface area contributed by atoms with E-state index >= 15 is 0 Å². The molecule has 2 fully saturated rings. The third-order valence-electron chi connectivity index (χ3n) is 4.72. The minimum atomic E-state index is -0.672. The molecule has 0 amide bonds. The Labute approximate surface area is 125 Å². The molecule has 0 bridgehead atoms. The minimum Gasteiger partial charge on any atom is -0.488 e. The van der Waals surface area contributed by atoms with Crippen LogP contribution in [0.25, 0.3) is 0 Å². The molecule has 1 aromatic carbocycles. The van der Waals surface area contributed by atoms with Crippen LogP contribution in [0, 0.1) is 5.82 Å². The summed E-state index contributed by atoms with van der Waals surface area (Å²) in [6, 6.07) is 4.60. The van der Waals surface area contributed by atoms with E-state index in [-0.39, 0.29) is 17.5 Å². The van der Waals surface area contributed by atoms with Gasteiger partial charge in [0, 0.05) is 0 Å². The molecule has 1 spiro atoms. The molecule has 2 aliphatic rings. The summed E-state index contributed by atoms with van der Waals surface area (Å²) in [6.07, 6.45) is 6.30. The summed E-state index contributed by atoms with van der Waals surface area (Å²) in [4.78, 5) is 0. The molecule has 2 atom stereocenters. The summed E-state index contributed by atoms with van der Waals surface area (Å²) in [5.41, 5.74) is 0.643. The van der Waals surface area contributed by atoms with E-state index in [2.05, 4.69) is 0 Å². The second kappa shape index (κ2) is 5.93. The molecule has 1 aliphatic heterocycles. The van der Waals surface area contributed by atoms with Crippen molar-refractivity contribution < 1.29 is 19.0 Å². The van der Waals surface area contributed by atoms with Gasteiger partial charge in [-0.25, -0.2) is 4.39 Å². The van der Waals surface area contributed by atoms with Crippen LogP contribution in [0.4, 0.5) is 4.39 Å². The van der Waals surface area contributed by atoms with Crippen LogP contribution in [-0.2, 0) is 4.74 Å². The van der Waals surface area contributed by atoms with E-state index in [0.717, 1.165) is 25.7 Å². The fraction of sp³-hybridized carbons (Fsp3) is 0.647. The number of ether oxygens (including phenoxy) is 2. The molecular weight excluding hydrogens is 271 g/mol. The number of benzene rings is 1. The van der Waals surface area contributed by atoms with Crippen LogP contribution in [0.1, 0.15) is 57.1 Å². The van der Waals surface area contributed by atoms with Crippen molar-refractivity contribution in [2.75, 3.05) is 6.61 Å². The van der Waals surface area contributed by atoms with E-state index in [0.29, 0.717) is 12.2 Å². The van der Waals surface area contributed by atoms with Crippen molar-refractivity contribution >= 4 is 0 Å². The topological polar surface area (TPSA) is 38.7 Å². The van der Waals surface area contributed by atoms with Gasteiger partial charge in [0.15, 0.2) is 11.6 Å². The summed E-state index contributed by atoms with van der Waals surface area (Å²) in [6.45, 7) is 2.01. The summed E-state index contributed by atoms with van der Waals surface area (Å²) in [5, 5.41) is 9.43. The van der Waals surface area contributed by atoms with E-state index in [1.165, 1.54) is 18.9 Å². The molecule has 1 aliphatic carbocycles. The Hall–Kier alpha value is -1.13. The molecule has 1 saturated heterocycles. The van der Waals surface area contributed by atoms with Crippen LogP contribution in [-0.4, -0.2) is 23.4 Å². The van der Waals surface area contributed by atoms with Crippen molar-refractivity contribution in [2.45, 2.75) is 63.3 Å². The standard InChI is InChI=1S/C17H23FO3/c1-12(19)13-4-5-16(15(18)10-13)20-11-14-6-9-17(21-14)7-2-3-8-17/h4-5,10,12,14,19H,2-3,6-9,11H2,1H3/t12-,14?/m1/s1. The SMILES string of the molecule is C[C@@H](O)c1ccc(OCC2CCC3(CCCC3)O2)c(F)c1. The molecule has 4 heteroatoms. The highest BCUT2D eigenvalue weighted by atomic mass is 19.1. The molecule has 1 heterocycles. The highest BCUT2D eigenvalue weighted by molar-refractivity contribution is 5.30. The summed E-state index contributed by atoms with van der Waals surface area (Å²) < 4.78 is 25.6. The molecule has 3 nitrogen and oxygen atoms in total. The fourth-order valence-corrected chi connectivity index (χ4v) is 3.48. The number of hydrogen-bond donors (Lipinski definition) is 1. The molecule has 116 valence electrons. The van der Waals surface area contributed by atoms with E-state index in [9.17, 15) is 9.50 Å². The van der Waals surface area contributed by atoms with Crippen molar-refractivity contribution in [1.82, 2.24) is 0 Å². The van der Waals surface area contributed by atoms with Crippen LogP contribution in [0.15, 0.2) is 18.2 Å². The second-order valence-corrected chi connectivity index (χ2v) is 6.35. The summed E-state index contributed by atoms with van der Waals surface area (Å²) in [5.74, 6) is -0.197. The Bertz CT molecular complexity index is 495. The van der Waals surface area contributed by atoms with Gasteiger partial charge in [-0.05, 0) is 50.3 Å². The highest BCUT2D eigenvalue weighted by Crippen LogP contribution is 2.43. The molecule has 0 aromatic heterocycles. The van der Waals surface area contributed by atoms with E-state index < -0.39 is 11.9 Å². The van der Waals surface area contributed by atoms with E-state index in [4.69, 9.17) is 9.47 Å². The van der Waals surface area contributed by atoms with Crippen molar-refractivity contribution in [3.8, 4) is 5.75 Å². The molecule has 1 unspecified atom stereocenters. The van der Waals surface area contributed by atoms with Crippen LogP contribution in [0.5, 0.6) is 5.75 Å². The predicted octanol–water partition coefficient (Wildman–Crippen LogP) is 3.75. The van der Waals surface area contributed by atoms with Gasteiger partial charge in [-0.2, -0.15) is 0 Å². The van der Waals surface area contributed by atoms with Gasteiger partial charge < -0.3 is 14.6 Å². The van der Waals surface area contributed by atoms with Crippen molar-refractivity contribution in [2.24, 2.45) is 0 Å². The van der Waals surface area contributed by atoms with Crippen molar-refractivity contribution in [1.29, 1.82) is 0 Å². The lowest BCUT2D eigenvalue weighted by Crippen LogP contribution is -2.27. The molecule has 21 heavy (non-hydrogen) atoms. The Kier molecular flexibility index (Phi) is 4.18. The molecule has 1 saturated carbocycles. The maximum atomic E-state index is 13.9. The zero-order valence-electron chi connectivity index (χ0n) is 12.5. The summed E-state index contributed by atoms with van der Waals surface area (Å²) >= 11 is 0. The number of halogens is 1. The van der Waals surface area contributed by atoms with Crippen LogP contribution in [0.2, 0.25) is 0 Å². The molecule has 1 N–H and O–H groups in total. The zero-order chi connectivity index (χ0) is 14.9. The lowest BCUT2D eigenvalue weighted by molar-refractivity contribution is -0.0512. The third-order valence-corrected chi connectivity index (χ3v) is 4.72. The van der Waals surface area contributed by atoms with Gasteiger partial charge in [0.1, 0.15) is 6.61 Å². The normalized spacial score (nSPS) is 25.4. The first kappa shape index (κ1) is 14.8. The van der Waals surface area contributed by atoms with Gasteiger partial charge in [-0.1, -0.05) is 18.9 Å². The average Bonchev–Trinajstić information content (AvgIpc) is 3.08. The average molecular weight is 294 g/mol. The van der Waals surface area contributed by atoms with Crippen molar-refractivity contribution in [3.05, 3.63) is 29.6 Å². The number of aliphatic hydroxyl groups excluding tert-OH is 1. The van der Waals surface area contributed by atoms with Crippen LogP contribution < -0.4 is 4.74 Å². The number of aliphatic hydroxyl groups is 1. The van der Waals surface area contributed by atoms with E-state index in [1.807, 2.05) is 0 Å². The van der Waals surface area contributed by atoms with Gasteiger partial charge in [-0.3, -0.25) is 0 Å². The smallest absolute Gasteiger partial charge is 0.165 e. The predicted molar refractivity (Wildman–Crippen MR) is 77.8 cm³/mol. The fourth-order valence-electron chi connectivity index (χ4n) is 3.48. The van der Waals surface area contributed by atoms with Gasteiger partial charge in [0.2, 0.25) is 0 Å². The number of rotatable bonds is 4. The number of hydrogen-bond acceptors (Lipinski definition) is 3. The largest absolute Gasteiger partial charge is 0.488 e. The Morgan fingerprint density at radius 1 is 1.38 bits per heavy atom. The third kappa shape index (κ3) is 3.22. The lowest BCUT2D eigenvalue weighted by Gasteiger charge is -2.23. The van der Waals surface area contributed by atoms with Crippen LogP contribution in [0.3, 0.4) is 0 Å².